The third-order valence-corrected chi connectivity index (χ3v) is 4.61. The Morgan fingerprint density at radius 1 is 1.32 bits per heavy atom. The fourth-order valence-electron chi connectivity index (χ4n) is 3.34. The minimum absolute atomic E-state index is 0.192. The molecule has 5 heteroatoms. The molecule has 5 nitrogen and oxygen atoms in total. The monoisotopic (exact) mass is 338 g/mol. The van der Waals surface area contributed by atoms with Gasteiger partial charge in [-0.15, -0.1) is 0 Å². The van der Waals surface area contributed by atoms with E-state index in [2.05, 4.69) is 30.1 Å². The van der Waals surface area contributed by atoms with Gasteiger partial charge in [-0.25, -0.2) is 4.98 Å². The molecule has 25 heavy (non-hydrogen) atoms. The van der Waals surface area contributed by atoms with Crippen LogP contribution in [0.5, 0.6) is 0 Å². The number of carbonyl (C=O) groups excluding carboxylic acids is 1. The van der Waals surface area contributed by atoms with Crippen molar-refractivity contribution >= 4 is 5.91 Å². The fourth-order valence-corrected chi connectivity index (χ4v) is 3.34. The van der Waals surface area contributed by atoms with Crippen LogP contribution in [0.25, 0.3) is 11.3 Å². The average molecular weight is 338 g/mol. The standard InChI is InChI=1S/C20H26N4O/c1-15-6-4-7-16(10-15)18-11-21-12-19(22-18)17-8-5-9-24(13-17)20(25)14-23(2)3/h4,6-7,10-12,17H,5,8-9,13-14H2,1-3H3/t17-/m0/s1. The molecule has 132 valence electrons. The van der Waals surface area contributed by atoms with Crippen molar-refractivity contribution in [1.29, 1.82) is 0 Å². The molecule has 0 saturated carbocycles. The molecule has 1 fully saturated rings. The SMILES string of the molecule is Cc1cccc(-c2cncc([C@H]3CCCN(C(=O)CN(C)C)C3)n2)c1. The summed E-state index contributed by atoms with van der Waals surface area (Å²) in [7, 11) is 3.85. The van der Waals surface area contributed by atoms with Gasteiger partial charge >= 0.3 is 0 Å². The third kappa shape index (κ3) is 4.42. The minimum Gasteiger partial charge on any atom is -0.341 e. The fraction of sp³-hybridized carbons (Fsp3) is 0.450. The zero-order chi connectivity index (χ0) is 17.8. The highest BCUT2D eigenvalue weighted by molar-refractivity contribution is 5.78. The zero-order valence-electron chi connectivity index (χ0n) is 15.3. The van der Waals surface area contributed by atoms with E-state index in [9.17, 15) is 4.79 Å². The summed E-state index contributed by atoms with van der Waals surface area (Å²) in [6.45, 7) is 4.12. The second kappa shape index (κ2) is 7.74. The van der Waals surface area contributed by atoms with E-state index in [0.29, 0.717) is 6.54 Å². The predicted octanol–water partition coefficient (Wildman–Crippen LogP) is 2.72. The van der Waals surface area contributed by atoms with Crippen LogP contribution >= 0.6 is 0 Å². The number of amides is 1. The number of nitrogens with zero attached hydrogens (tertiary/aromatic N) is 4. The molecule has 0 radical (unpaired) electrons. The van der Waals surface area contributed by atoms with Crippen molar-refractivity contribution in [3.63, 3.8) is 0 Å². The molecule has 0 aliphatic carbocycles. The van der Waals surface area contributed by atoms with Crippen LogP contribution in [0.2, 0.25) is 0 Å². The van der Waals surface area contributed by atoms with Crippen LogP contribution in [0.1, 0.15) is 30.0 Å². The molecule has 2 heterocycles. The van der Waals surface area contributed by atoms with Gasteiger partial charge in [0.2, 0.25) is 5.91 Å². The number of likely N-dealkylation sites (N-methyl/N-ethyl adjacent to an activating group) is 1. The summed E-state index contributed by atoms with van der Waals surface area (Å²) in [5.74, 6) is 0.453. The first-order valence-electron chi connectivity index (χ1n) is 8.84. The Labute approximate surface area is 149 Å². The molecular weight excluding hydrogens is 312 g/mol. The van der Waals surface area contributed by atoms with E-state index in [1.54, 1.807) is 0 Å². The van der Waals surface area contributed by atoms with Gasteiger partial charge in [0.25, 0.3) is 0 Å². The van der Waals surface area contributed by atoms with Crippen molar-refractivity contribution in [2.24, 2.45) is 0 Å². The topological polar surface area (TPSA) is 49.3 Å². The number of carbonyl (C=O) groups is 1. The maximum atomic E-state index is 12.4. The van der Waals surface area contributed by atoms with E-state index in [1.165, 1.54) is 5.56 Å². The van der Waals surface area contributed by atoms with Crippen molar-refractivity contribution < 1.29 is 4.79 Å². The summed E-state index contributed by atoms with van der Waals surface area (Å²) in [5.41, 5.74) is 4.19. The van der Waals surface area contributed by atoms with Gasteiger partial charge in [-0.3, -0.25) is 9.78 Å². The van der Waals surface area contributed by atoms with Crippen LogP contribution in [-0.4, -0.2) is 59.4 Å². The first-order chi connectivity index (χ1) is 12.0. The highest BCUT2D eigenvalue weighted by Gasteiger charge is 2.26. The smallest absolute Gasteiger partial charge is 0.236 e. The Balaban J connectivity index is 1.77. The first-order valence-corrected chi connectivity index (χ1v) is 8.84. The Hall–Kier alpha value is -2.27. The van der Waals surface area contributed by atoms with Crippen molar-refractivity contribution in [3.8, 4) is 11.3 Å². The van der Waals surface area contributed by atoms with Gasteiger partial charge in [0.15, 0.2) is 0 Å². The molecule has 1 aliphatic heterocycles. The normalized spacial score (nSPS) is 17.8. The van der Waals surface area contributed by atoms with Crippen LogP contribution in [0.3, 0.4) is 0 Å². The van der Waals surface area contributed by atoms with Crippen LogP contribution in [0, 0.1) is 6.92 Å². The molecule has 1 atom stereocenters. The molecule has 0 N–H and O–H groups in total. The molecule has 1 aromatic heterocycles. The molecule has 3 rings (SSSR count). The van der Waals surface area contributed by atoms with Gasteiger partial charge in [0.1, 0.15) is 0 Å². The van der Waals surface area contributed by atoms with Gasteiger partial charge in [-0.05, 0) is 39.9 Å². The van der Waals surface area contributed by atoms with Gasteiger partial charge < -0.3 is 9.80 Å². The molecule has 0 bridgehead atoms. The van der Waals surface area contributed by atoms with Crippen molar-refractivity contribution in [3.05, 3.63) is 47.9 Å². The summed E-state index contributed by atoms with van der Waals surface area (Å²) in [6.07, 6.45) is 5.73. The van der Waals surface area contributed by atoms with Crippen LogP contribution in [-0.2, 0) is 4.79 Å². The number of aryl methyl sites for hydroxylation is 1. The van der Waals surface area contributed by atoms with E-state index in [4.69, 9.17) is 4.98 Å². The van der Waals surface area contributed by atoms with E-state index in [0.717, 1.165) is 42.9 Å². The molecule has 0 spiro atoms. The summed E-state index contributed by atoms with van der Waals surface area (Å²) < 4.78 is 0. The Bertz CT molecular complexity index is 744. The maximum absolute atomic E-state index is 12.4. The lowest BCUT2D eigenvalue weighted by atomic mass is 9.94. The summed E-state index contributed by atoms with van der Waals surface area (Å²) in [6, 6.07) is 8.31. The van der Waals surface area contributed by atoms with E-state index in [1.807, 2.05) is 42.4 Å². The Kier molecular flexibility index (Phi) is 5.43. The first kappa shape index (κ1) is 17.5. The van der Waals surface area contributed by atoms with E-state index < -0.39 is 0 Å². The van der Waals surface area contributed by atoms with Gasteiger partial charge in [-0.2, -0.15) is 0 Å². The highest BCUT2D eigenvalue weighted by Crippen LogP contribution is 2.27. The molecule has 1 amide bonds. The van der Waals surface area contributed by atoms with Gasteiger partial charge in [-0.1, -0.05) is 23.8 Å². The second-order valence-electron chi connectivity index (χ2n) is 7.12. The summed E-state index contributed by atoms with van der Waals surface area (Å²) in [4.78, 5) is 25.5. The van der Waals surface area contributed by atoms with Crippen molar-refractivity contribution in [2.45, 2.75) is 25.7 Å². The van der Waals surface area contributed by atoms with E-state index >= 15 is 0 Å². The number of rotatable bonds is 4. The lowest BCUT2D eigenvalue weighted by Crippen LogP contribution is -2.43. The lowest BCUT2D eigenvalue weighted by molar-refractivity contribution is -0.133. The molecule has 1 saturated heterocycles. The molecule has 1 aliphatic rings. The molecule has 0 unspecified atom stereocenters. The van der Waals surface area contributed by atoms with Crippen LogP contribution in [0.15, 0.2) is 36.7 Å². The number of aromatic nitrogens is 2. The largest absolute Gasteiger partial charge is 0.341 e. The summed E-state index contributed by atoms with van der Waals surface area (Å²) in [5, 5.41) is 0. The quantitative estimate of drug-likeness (QED) is 0.860. The number of hydrogen-bond donors (Lipinski definition) is 0. The second-order valence-corrected chi connectivity index (χ2v) is 7.12. The third-order valence-electron chi connectivity index (χ3n) is 4.61. The average Bonchev–Trinajstić information content (AvgIpc) is 2.61. The lowest BCUT2D eigenvalue weighted by Gasteiger charge is -2.33. The molecule has 1 aromatic carbocycles. The van der Waals surface area contributed by atoms with Gasteiger partial charge in [0, 0.05) is 30.8 Å². The Morgan fingerprint density at radius 2 is 2.16 bits per heavy atom. The maximum Gasteiger partial charge on any atom is 0.236 e. The number of benzene rings is 1. The zero-order valence-corrected chi connectivity index (χ0v) is 15.3. The molecule has 2 aromatic rings. The number of likely N-dealkylation sites (tertiary alicyclic amines) is 1. The van der Waals surface area contributed by atoms with Gasteiger partial charge in [0.05, 0.1) is 24.1 Å². The van der Waals surface area contributed by atoms with Crippen LogP contribution in [0.4, 0.5) is 0 Å². The summed E-state index contributed by atoms with van der Waals surface area (Å²) >= 11 is 0. The van der Waals surface area contributed by atoms with Crippen molar-refractivity contribution in [1.82, 2.24) is 19.8 Å². The molecular formula is C20H26N4O. The number of hydrogen-bond acceptors (Lipinski definition) is 4. The predicted molar refractivity (Wildman–Crippen MR) is 99.3 cm³/mol. The Morgan fingerprint density at radius 3 is 2.92 bits per heavy atom. The minimum atomic E-state index is 0.192. The van der Waals surface area contributed by atoms with E-state index in [-0.39, 0.29) is 11.8 Å². The van der Waals surface area contributed by atoms with Crippen LogP contribution < -0.4 is 0 Å². The number of piperidine rings is 1. The highest BCUT2D eigenvalue weighted by atomic mass is 16.2. The van der Waals surface area contributed by atoms with Crippen molar-refractivity contribution in [2.75, 3.05) is 33.7 Å².